The van der Waals surface area contributed by atoms with E-state index < -0.39 is 0 Å². The molecule has 2 aromatic rings. The Hall–Kier alpha value is -3.40. The average molecular weight is 294 g/mol. The van der Waals surface area contributed by atoms with Crippen molar-refractivity contribution in [1.82, 2.24) is 0 Å². The Labute approximate surface area is 125 Å². The summed E-state index contributed by atoms with van der Waals surface area (Å²) in [5, 5.41) is 8.08. The molecule has 0 heterocycles. The predicted molar refractivity (Wildman–Crippen MR) is 79.2 cm³/mol. The first-order valence-electron chi connectivity index (χ1n) is 6.13. The highest BCUT2D eigenvalue weighted by atomic mass is 16.5. The van der Waals surface area contributed by atoms with Gasteiger partial charge in [0.1, 0.15) is 22.8 Å². The molecule has 0 aliphatic rings. The molecule has 0 fully saturated rings. The lowest BCUT2D eigenvalue weighted by Crippen LogP contribution is -1.83. The van der Waals surface area contributed by atoms with Gasteiger partial charge in [-0.15, -0.1) is 5.11 Å². The van der Waals surface area contributed by atoms with Gasteiger partial charge in [-0.3, -0.25) is 0 Å². The van der Waals surface area contributed by atoms with Gasteiger partial charge in [0.15, 0.2) is 0 Å². The molecule has 7 heteroatoms. The number of hydrogen-bond acceptors (Lipinski definition) is 7. The average Bonchev–Trinajstić information content (AvgIpc) is 2.55. The van der Waals surface area contributed by atoms with Crippen LogP contribution >= 0.6 is 0 Å². The van der Waals surface area contributed by atoms with Gasteiger partial charge in [0.05, 0.1) is 12.8 Å². The van der Waals surface area contributed by atoms with E-state index >= 15 is 0 Å². The van der Waals surface area contributed by atoms with Crippen LogP contribution in [-0.4, -0.2) is 19.3 Å². The lowest BCUT2D eigenvalue weighted by molar-refractivity contribution is 0.416. The Morgan fingerprint density at radius 2 is 1.55 bits per heavy atom. The summed E-state index contributed by atoms with van der Waals surface area (Å²) >= 11 is 0. The quantitative estimate of drug-likeness (QED) is 0.473. The first-order chi connectivity index (χ1) is 10.8. The molecule has 0 N–H and O–H groups in total. The summed E-state index contributed by atoms with van der Waals surface area (Å²) in [5.74, 6) is 0.287. The van der Waals surface area contributed by atoms with E-state index in [1.165, 1.54) is 31.4 Å². The molecule has 0 radical (unpaired) electrons. The van der Waals surface area contributed by atoms with Crippen LogP contribution in [0.15, 0.2) is 62.7 Å². The van der Waals surface area contributed by atoms with Crippen molar-refractivity contribution >= 4 is 34.9 Å². The van der Waals surface area contributed by atoms with E-state index in [9.17, 15) is 9.59 Å². The minimum Gasteiger partial charge on any atom is -0.494 e. The highest BCUT2D eigenvalue weighted by molar-refractivity contribution is 5.75. The molecule has 0 bridgehead atoms. The van der Waals surface area contributed by atoms with Crippen molar-refractivity contribution in [3.05, 3.63) is 42.5 Å². The number of carbonyl (C=O) groups excluding carboxylic acids is 2. The SMILES string of the molecule is COc1cc(N=Nc2ccccc2)c(N=C=O)cc1N=C=O. The van der Waals surface area contributed by atoms with Crippen molar-refractivity contribution in [2.75, 3.05) is 7.11 Å². The zero-order chi connectivity index (χ0) is 15.8. The van der Waals surface area contributed by atoms with Gasteiger partial charge in [-0.1, -0.05) is 18.2 Å². The second-order valence-electron chi connectivity index (χ2n) is 3.95. The highest BCUT2D eigenvalue weighted by Gasteiger charge is 2.10. The molecule has 2 aromatic carbocycles. The van der Waals surface area contributed by atoms with Gasteiger partial charge in [0.2, 0.25) is 12.2 Å². The maximum absolute atomic E-state index is 10.5. The van der Waals surface area contributed by atoms with E-state index in [2.05, 4.69) is 20.2 Å². The summed E-state index contributed by atoms with van der Waals surface area (Å²) in [4.78, 5) is 28.0. The molecule has 0 aliphatic heterocycles. The topological polar surface area (TPSA) is 92.8 Å². The Morgan fingerprint density at radius 3 is 2.18 bits per heavy atom. The van der Waals surface area contributed by atoms with Gasteiger partial charge in [-0.25, -0.2) is 9.59 Å². The van der Waals surface area contributed by atoms with Crippen LogP contribution in [0.25, 0.3) is 0 Å². The Bertz CT molecular complexity index is 790. The minimum absolute atomic E-state index is 0.171. The third-order valence-corrected chi connectivity index (χ3v) is 2.64. The first kappa shape index (κ1) is 15.0. The molecule has 108 valence electrons. The largest absolute Gasteiger partial charge is 0.494 e. The molecule has 22 heavy (non-hydrogen) atoms. The molecule has 0 atom stereocenters. The van der Waals surface area contributed by atoms with Gasteiger partial charge in [0.25, 0.3) is 0 Å². The first-order valence-corrected chi connectivity index (χ1v) is 6.13. The normalized spacial score (nSPS) is 9.86. The lowest BCUT2D eigenvalue weighted by Gasteiger charge is -2.05. The van der Waals surface area contributed by atoms with Gasteiger partial charge in [0, 0.05) is 6.07 Å². The number of isocyanates is 2. The number of nitrogens with zero attached hydrogens (tertiary/aromatic N) is 4. The van der Waals surface area contributed by atoms with Gasteiger partial charge in [-0.05, 0) is 18.2 Å². The van der Waals surface area contributed by atoms with Crippen molar-refractivity contribution in [3.63, 3.8) is 0 Å². The molecule has 7 nitrogen and oxygen atoms in total. The molecule has 0 saturated heterocycles. The van der Waals surface area contributed by atoms with E-state index in [1.54, 1.807) is 12.1 Å². The molecular weight excluding hydrogens is 284 g/mol. The van der Waals surface area contributed by atoms with E-state index in [0.29, 0.717) is 5.69 Å². The molecule has 0 unspecified atom stereocenters. The fraction of sp³-hybridized carbons (Fsp3) is 0.0667. The van der Waals surface area contributed by atoms with E-state index in [0.717, 1.165) is 0 Å². The van der Waals surface area contributed by atoms with Crippen molar-refractivity contribution in [2.24, 2.45) is 20.2 Å². The highest BCUT2D eigenvalue weighted by Crippen LogP contribution is 2.40. The predicted octanol–water partition coefficient (Wildman–Crippen LogP) is 4.05. The fourth-order valence-electron chi connectivity index (χ4n) is 1.67. The number of rotatable bonds is 5. The van der Waals surface area contributed by atoms with Crippen LogP contribution in [0.2, 0.25) is 0 Å². The molecule has 0 aromatic heterocycles. The van der Waals surface area contributed by atoms with Gasteiger partial charge >= 0.3 is 0 Å². The van der Waals surface area contributed by atoms with Crippen LogP contribution in [0.4, 0.5) is 22.7 Å². The summed E-state index contributed by atoms with van der Waals surface area (Å²) in [6.45, 7) is 0. The molecule has 2 rings (SSSR count). The summed E-state index contributed by atoms with van der Waals surface area (Å²) < 4.78 is 5.11. The monoisotopic (exact) mass is 294 g/mol. The second kappa shape index (κ2) is 7.40. The number of aliphatic imine (C=N–C) groups is 2. The lowest BCUT2D eigenvalue weighted by atomic mass is 10.2. The molecule has 0 amide bonds. The summed E-state index contributed by atoms with van der Waals surface area (Å²) in [7, 11) is 1.42. The zero-order valence-corrected chi connectivity index (χ0v) is 11.6. The van der Waals surface area contributed by atoms with E-state index in [1.807, 2.05) is 18.2 Å². The van der Waals surface area contributed by atoms with Crippen LogP contribution in [0.3, 0.4) is 0 Å². The van der Waals surface area contributed by atoms with Crippen LogP contribution in [0.5, 0.6) is 5.75 Å². The Kier molecular flexibility index (Phi) is 5.04. The van der Waals surface area contributed by atoms with Crippen molar-refractivity contribution in [2.45, 2.75) is 0 Å². The minimum atomic E-state index is 0.171. The van der Waals surface area contributed by atoms with Crippen LogP contribution in [-0.2, 0) is 9.59 Å². The van der Waals surface area contributed by atoms with Crippen molar-refractivity contribution in [3.8, 4) is 5.75 Å². The number of methoxy groups -OCH3 is 1. The van der Waals surface area contributed by atoms with Crippen LogP contribution < -0.4 is 4.74 Å². The van der Waals surface area contributed by atoms with Gasteiger partial charge < -0.3 is 4.74 Å². The van der Waals surface area contributed by atoms with E-state index in [-0.39, 0.29) is 22.8 Å². The van der Waals surface area contributed by atoms with E-state index in [4.69, 9.17) is 4.74 Å². The standard InChI is InChI=1S/C15H10N4O3/c1-22-15-8-13(19-18-11-5-3-2-4-6-11)12(16-9-20)7-14(15)17-10-21/h2-8H,1H3. The van der Waals surface area contributed by atoms with Crippen molar-refractivity contribution < 1.29 is 14.3 Å². The fourth-order valence-corrected chi connectivity index (χ4v) is 1.67. The number of benzene rings is 2. The number of azo groups is 1. The van der Waals surface area contributed by atoms with Crippen LogP contribution in [0, 0.1) is 0 Å². The molecular formula is C15H10N4O3. The second-order valence-corrected chi connectivity index (χ2v) is 3.95. The van der Waals surface area contributed by atoms with Crippen LogP contribution in [0.1, 0.15) is 0 Å². The Balaban J connectivity index is 2.51. The zero-order valence-electron chi connectivity index (χ0n) is 11.6. The number of hydrogen-bond donors (Lipinski definition) is 0. The molecule has 0 spiro atoms. The summed E-state index contributed by atoms with van der Waals surface area (Å²) in [5.41, 5.74) is 1.28. The van der Waals surface area contributed by atoms with Gasteiger partial charge in [-0.2, -0.15) is 15.1 Å². The Morgan fingerprint density at radius 1 is 0.864 bits per heavy atom. The smallest absolute Gasteiger partial charge is 0.240 e. The molecule has 0 saturated carbocycles. The maximum atomic E-state index is 10.5. The third-order valence-electron chi connectivity index (χ3n) is 2.64. The third kappa shape index (κ3) is 3.58. The summed E-state index contributed by atoms with van der Waals surface area (Å²) in [6.07, 6.45) is 2.83. The summed E-state index contributed by atoms with van der Waals surface area (Å²) in [6, 6.07) is 11.9. The maximum Gasteiger partial charge on any atom is 0.240 e. The number of ether oxygens (including phenoxy) is 1. The molecule has 0 aliphatic carbocycles. The van der Waals surface area contributed by atoms with Crippen molar-refractivity contribution in [1.29, 1.82) is 0 Å².